The van der Waals surface area contributed by atoms with Crippen LogP contribution < -0.4 is 26.0 Å². The fourth-order valence-corrected chi connectivity index (χ4v) is 3.61. The van der Waals surface area contributed by atoms with Crippen LogP contribution in [0.4, 0.5) is 17.5 Å². The summed E-state index contributed by atoms with van der Waals surface area (Å²) in [7, 11) is 5.53. The van der Waals surface area contributed by atoms with Crippen LogP contribution in [0.5, 0.6) is 5.75 Å². The highest BCUT2D eigenvalue weighted by atomic mass is 16.5. The second-order valence-electron chi connectivity index (χ2n) is 6.89. The molecule has 0 radical (unpaired) electrons. The Morgan fingerprint density at radius 1 is 1.29 bits per heavy atom. The van der Waals surface area contributed by atoms with Crippen LogP contribution in [0.2, 0.25) is 0 Å². The first-order valence-electron chi connectivity index (χ1n) is 9.36. The summed E-state index contributed by atoms with van der Waals surface area (Å²) in [5, 5.41) is 6.51. The third-order valence-electron chi connectivity index (χ3n) is 5.17. The van der Waals surface area contributed by atoms with Gasteiger partial charge in [0, 0.05) is 31.4 Å². The standard InChI is InChI=1S/C19H27N7O2/c1-21-15-6-4-5-7-16(15)26(2)19-23-11-14(17(20)27)18(25-19)24-12-8-13(28-3)10-22-9-12/h8-11,15-16,21H,4-7H2,1-3H3,(H2,20,27)(H,23,24,25). The summed E-state index contributed by atoms with van der Waals surface area (Å²) >= 11 is 0. The van der Waals surface area contributed by atoms with Crippen molar-refractivity contribution in [2.45, 2.75) is 37.8 Å². The fourth-order valence-electron chi connectivity index (χ4n) is 3.61. The molecule has 2 heterocycles. The van der Waals surface area contributed by atoms with Crippen molar-refractivity contribution in [3.8, 4) is 5.75 Å². The van der Waals surface area contributed by atoms with Crippen molar-refractivity contribution in [1.82, 2.24) is 20.3 Å². The normalized spacial score (nSPS) is 19.1. The molecule has 2 aromatic rings. The first kappa shape index (κ1) is 19.8. The summed E-state index contributed by atoms with van der Waals surface area (Å²) in [6.07, 6.45) is 9.25. The van der Waals surface area contributed by atoms with Gasteiger partial charge in [0.25, 0.3) is 5.91 Å². The molecule has 9 heteroatoms. The maximum Gasteiger partial charge on any atom is 0.254 e. The van der Waals surface area contributed by atoms with Crippen molar-refractivity contribution in [3.63, 3.8) is 0 Å². The number of likely N-dealkylation sites (N-methyl/N-ethyl adjacent to an activating group) is 2. The van der Waals surface area contributed by atoms with Crippen LogP contribution in [0.25, 0.3) is 0 Å². The Bertz CT molecular complexity index is 830. The van der Waals surface area contributed by atoms with E-state index in [-0.39, 0.29) is 11.6 Å². The number of hydrogen-bond acceptors (Lipinski definition) is 8. The van der Waals surface area contributed by atoms with Gasteiger partial charge in [-0.05, 0) is 19.9 Å². The highest BCUT2D eigenvalue weighted by molar-refractivity contribution is 5.98. The van der Waals surface area contributed by atoms with E-state index in [0.717, 1.165) is 12.8 Å². The molecule has 0 spiro atoms. The van der Waals surface area contributed by atoms with Crippen LogP contribution in [0.15, 0.2) is 24.7 Å². The molecule has 2 aromatic heterocycles. The van der Waals surface area contributed by atoms with Crippen molar-refractivity contribution < 1.29 is 9.53 Å². The van der Waals surface area contributed by atoms with Gasteiger partial charge in [-0.15, -0.1) is 0 Å². The van der Waals surface area contributed by atoms with Crippen molar-refractivity contribution in [3.05, 3.63) is 30.2 Å². The minimum absolute atomic E-state index is 0.216. The molecule has 1 fully saturated rings. The molecule has 4 N–H and O–H groups in total. The monoisotopic (exact) mass is 385 g/mol. The summed E-state index contributed by atoms with van der Waals surface area (Å²) < 4.78 is 5.19. The first-order chi connectivity index (χ1) is 13.5. The summed E-state index contributed by atoms with van der Waals surface area (Å²) in [6.45, 7) is 0. The Morgan fingerprint density at radius 3 is 2.79 bits per heavy atom. The summed E-state index contributed by atoms with van der Waals surface area (Å²) in [5.74, 6) is 0.876. The van der Waals surface area contributed by atoms with Crippen LogP contribution >= 0.6 is 0 Å². The van der Waals surface area contributed by atoms with E-state index in [1.165, 1.54) is 19.0 Å². The van der Waals surface area contributed by atoms with Gasteiger partial charge < -0.3 is 26.0 Å². The number of nitrogens with zero attached hydrogens (tertiary/aromatic N) is 4. The van der Waals surface area contributed by atoms with Crippen molar-refractivity contribution >= 4 is 23.4 Å². The number of carbonyl (C=O) groups is 1. The number of ether oxygens (including phenoxy) is 1. The van der Waals surface area contributed by atoms with Gasteiger partial charge >= 0.3 is 0 Å². The maximum absolute atomic E-state index is 11.9. The van der Waals surface area contributed by atoms with Gasteiger partial charge in [-0.3, -0.25) is 9.78 Å². The van der Waals surface area contributed by atoms with Crippen molar-refractivity contribution in [2.24, 2.45) is 5.73 Å². The average molecular weight is 385 g/mol. The van der Waals surface area contributed by atoms with E-state index in [0.29, 0.717) is 29.2 Å². The molecule has 0 aromatic carbocycles. The van der Waals surface area contributed by atoms with E-state index < -0.39 is 5.91 Å². The number of carbonyl (C=O) groups excluding carboxylic acids is 1. The summed E-state index contributed by atoms with van der Waals surface area (Å²) in [5.41, 5.74) is 6.37. The molecule has 0 bridgehead atoms. The molecule has 2 unspecified atom stereocenters. The van der Waals surface area contributed by atoms with E-state index in [9.17, 15) is 4.79 Å². The predicted molar refractivity (Wildman–Crippen MR) is 108 cm³/mol. The molecule has 2 atom stereocenters. The zero-order chi connectivity index (χ0) is 20.1. The van der Waals surface area contributed by atoms with E-state index in [4.69, 9.17) is 10.5 Å². The largest absolute Gasteiger partial charge is 0.495 e. The van der Waals surface area contributed by atoms with Gasteiger partial charge in [0.15, 0.2) is 0 Å². The average Bonchev–Trinajstić information content (AvgIpc) is 2.73. The SMILES string of the molecule is CNC1CCCCC1N(C)c1ncc(C(N)=O)c(Nc2cncc(OC)c2)n1. The number of methoxy groups -OCH3 is 1. The molecule has 1 aliphatic rings. The Morgan fingerprint density at radius 2 is 2.07 bits per heavy atom. The van der Waals surface area contributed by atoms with E-state index >= 15 is 0 Å². The summed E-state index contributed by atoms with van der Waals surface area (Å²) in [4.78, 5) is 27.0. The number of primary amides is 1. The van der Waals surface area contributed by atoms with Gasteiger partial charge in [0.1, 0.15) is 17.1 Å². The second-order valence-corrected chi connectivity index (χ2v) is 6.89. The fraction of sp³-hybridized carbons (Fsp3) is 0.474. The van der Waals surface area contributed by atoms with Gasteiger partial charge in [-0.2, -0.15) is 4.98 Å². The smallest absolute Gasteiger partial charge is 0.254 e. The van der Waals surface area contributed by atoms with Gasteiger partial charge in [0.05, 0.1) is 25.2 Å². The highest BCUT2D eigenvalue weighted by Crippen LogP contribution is 2.27. The predicted octanol–water partition coefficient (Wildman–Crippen LogP) is 1.69. The molecule has 0 aliphatic heterocycles. The number of hydrogen-bond donors (Lipinski definition) is 3. The molecule has 28 heavy (non-hydrogen) atoms. The molecule has 1 amide bonds. The number of nitrogens with one attached hydrogen (secondary N) is 2. The number of anilines is 3. The third kappa shape index (κ3) is 4.30. The number of pyridine rings is 1. The number of amides is 1. The van der Waals surface area contributed by atoms with Gasteiger partial charge in [0.2, 0.25) is 5.95 Å². The number of aromatic nitrogens is 3. The molecule has 9 nitrogen and oxygen atoms in total. The van der Waals surface area contributed by atoms with Crippen LogP contribution in [0, 0.1) is 0 Å². The minimum Gasteiger partial charge on any atom is -0.495 e. The lowest BCUT2D eigenvalue weighted by atomic mass is 9.89. The lowest BCUT2D eigenvalue weighted by Crippen LogP contribution is -2.50. The quantitative estimate of drug-likeness (QED) is 0.659. The highest BCUT2D eigenvalue weighted by Gasteiger charge is 2.29. The topological polar surface area (TPSA) is 118 Å². The Kier molecular flexibility index (Phi) is 6.25. The Labute approximate surface area is 164 Å². The van der Waals surface area contributed by atoms with Crippen LogP contribution in [0.3, 0.4) is 0 Å². The minimum atomic E-state index is -0.599. The Hall–Kier alpha value is -2.94. The molecule has 150 valence electrons. The van der Waals surface area contributed by atoms with Crippen molar-refractivity contribution in [1.29, 1.82) is 0 Å². The summed E-state index contributed by atoms with van der Waals surface area (Å²) in [6, 6.07) is 2.42. The molecular weight excluding hydrogens is 358 g/mol. The first-order valence-corrected chi connectivity index (χ1v) is 9.36. The number of rotatable bonds is 7. The zero-order valence-electron chi connectivity index (χ0n) is 16.5. The van der Waals surface area contributed by atoms with Gasteiger partial charge in [-0.1, -0.05) is 12.8 Å². The van der Waals surface area contributed by atoms with E-state index in [1.54, 1.807) is 25.6 Å². The third-order valence-corrected chi connectivity index (χ3v) is 5.17. The zero-order valence-corrected chi connectivity index (χ0v) is 16.5. The lowest BCUT2D eigenvalue weighted by Gasteiger charge is -2.38. The lowest BCUT2D eigenvalue weighted by molar-refractivity contribution is 0.100. The molecule has 1 aliphatic carbocycles. The molecule has 1 saturated carbocycles. The van der Waals surface area contributed by atoms with E-state index in [2.05, 4.69) is 30.5 Å². The van der Waals surface area contributed by atoms with Crippen LogP contribution in [-0.4, -0.2) is 54.1 Å². The van der Waals surface area contributed by atoms with Crippen LogP contribution in [-0.2, 0) is 0 Å². The van der Waals surface area contributed by atoms with Crippen LogP contribution in [0.1, 0.15) is 36.0 Å². The molecular formula is C19H27N7O2. The van der Waals surface area contributed by atoms with E-state index in [1.807, 2.05) is 14.1 Å². The molecule has 0 saturated heterocycles. The molecule has 3 rings (SSSR count). The Balaban J connectivity index is 1.91. The number of nitrogens with two attached hydrogens (primary N) is 1. The van der Waals surface area contributed by atoms with Crippen molar-refractivity contribution in [2.75, 3.05) is 31.4 Å². The second kappa shape index (κ2) is 8.83. The van der Waals surface area contributed by atoms with Gasteiger partial charge in [-0.25, -0.2) is 4.98 Å². The maximum atomic E-state index is 11.9.